The molecular formula is C18H21Cl2NO. The summed E-state index contributed by atoms with van der Waals surface area (Å²) in [7, 11) is 0. The lowest BCUT2D eigenvalue weighted by atomic mass is 9.99. The second kappa shape index (κ2) is 8.54. The third-order valence-electron chi connectivity index (χ3n) is 3.69. The molecule has 2 unspecified atom stereocenters. The highest BCUT2D eigenvalue weighted by atomic mass is 35.5. The average molecular weight is 338 g/mol. The van der Waals surface area contributed by atoms with E-state index < -0.39 is 6.23 Å². The van der Waals surface area contributed by atoms with Crippen LogP contribution in [0.5, 0.6) is 0 Å². The van der Waals surface area contributed by atoms with Crippen LogP contribution in [0.2, 0.25) is 10.0 Å². The van der Waals surface area contributed by atoms with Gasteiger partial charge in [-0.25, -0.2) is 0 Å². The van der Waals surface area contributed by atoms with Crippen molar-refractivity contribution in [1.29, 1.82) is 0 Å². The summed E-state index contributed by atoms with van der Waals surface area (Å²) in [6.45, 7) is 2.76. The fourth-order valence-electron chi connectivity index (χ4n) is 2.36. The Bertz CT molecular complexity index is 589. The molecule has 0 aliphatic carbocycles. The zero-order valence-corrected chi connectivity index (χ0v) is 14.1. The van der Waals surface area contributed by atoms with E-state index in [0.717, 1.165) is 24.9 Å². The van der Waals surface area contributed by atoms with E-state index in [1.54, 1.807) is 6.07 Å². The molecule has 2 nitrogen and oxygen atoms in total. The van der Waals surface area contributed by atoms with E-state index in [2.05, 4.69) is 17.4 Å². The molecule has 2 N–H and O–H groups in total. The minimum Gasteiger partial charge on any atom is -0.378 e. The highest BCUT2D eigenvalue weighted by Gasteiger charge is 2.14. The maximum atomic E-state index is 10.2. The van der Waals surface area contributed by atoms with Gasteiger partial charge in [0.05, 0.1) is 10.0 Å². The summed E-state index contributed by atoms with van der Waals surface area (Å²) in [5.74, 6) is 0.0908. The van der Waals surface area contributed by atoms with Crippen molar-refractivity contribution < 1.29 is 5.11 Å². The third kappa shape index (κ3) is 5.29. The first-order valence-corrected chi connectivity index (χ1v) is 8.21. The zero-order valence-electron chi connectivity index (χ0n) is 12.6. The Morgan fingerprint density at radius 2 is 1.73 bits per heavy atom. The van der Waals surface area contributed by atoms with Crippen LogP contribution in [0.25, 0.3) is 0 Å². The summed E-state index contributed by atoms with van der Waals surface area (Å²) in [6, 6.07) is 15.8. The largest absolute Gasteiger partial charge is 0.378 e. The number of benzene rings is 2. The maximum absolute atomic E-state index is 10.2. The van der Waals surface area contributed by atoms with Crippen LogP contribution in [0.3, 0.4) is 0 Å². The number of rotatable bonds is 7. The smallest absolute Gasteiger partial charge is 0.107 e. The molecule has 0 aliphatic rings. The first kappa shape index (κ1) is 17.3. The molecule has 118 valence electrons. The fraction of sp³-hybridized carbons (Fsp3) is 0.333. The molecular weight excluding hydrogens is 317 g/mol. The number of hydrogen-bond donors (Lipinski definition) is 2. The Morgan fingerprint density at radius 3 is 2.41 bits per heavy atom. The summed E-state index contributed by atoms with van der Waals surface area (Å²) in [5, 5.41) is 14.5. The van der Waals surface area contributed by atoms with E-state index in [4.69, 9.17) is 23.2 Å². The maximum Gasteiger partial charge on any atom is 0.107 e. The van der Waals surface area contributed by atoms with Crippen molar-refractivity contribution in [3.05, 3.63) is 69.7 Å². The van der Waals surface area contributed by atoms with Gasteiger partial charge >= 0.3 is 0 Å². The monoisotopic (exact) mass is 337 g/mol. The number of nitrogens with one attached hydrogen (secondary N) is 1. The molecule has 22 heavy (non-hydrogen) atoms. The zero-order chi connectivity index (χ0) is 15.9. The van der Waals surface area contributed by atoms with Crippen LogP contribution in [0, 0.1) is 5.92 Å². The van der Waals surface area contributed by atoms with Gasteiger partial charge in [0.2, 0.25) is 0 Å². The highest BCUT2D eigenvalue weighted by Crippen LogP contribution is 2.24. The van der Waals surface area contributed by atoms with E-state index >= 15 is 0 Å². The Labute approximate surface area is 142 Å². The summed E-state index contributed by atoms with van der Waals surface area (Å²) in [4.78, 5) is 0. The van der Waals surface area contributed by atoms with Crippen molar-refractivity contribution in [2.75, 3.05) is 6.54 Å². The predicted molar refractivity (Wildman–Crippen MR) is 93.5 cm³/mol. The molecule has 0 fully saturated rings. The van der Waals surface area contributed by atoms with Crippen LogP contribution >= 0.6 is 23.2 Å². The van der Waals surface area contributed by atoms with Gasteiger partial charge < -0.3 is 5.11 Å². The van der Waals surface area contributed by atoms with Crippen molar-refractivity contribution in [2.24, 2.45) is 5.92 Å². The number of hydrogen-bond acceptors (Lipinski definition) is 2. The lowest BCUT2D eigenvalue weighted by Crippen LogP contribution is -2.36. The lowest BCUT2D eigenvalue weighted by Gasteiger charge is -2.20. The van der Waals surface area contributed by atoms with Crippen LogP contribution in [0.1, 0.15) is 18.1 Å². The SMILES string of the molecule is CC(Cc1ccc(Cl)c(Cl)c1)C(O)NCCc1ccccc1. The quantitative estimate of drug-likeness (QED) is 0.737. The van der Waals surface area contributed by atoms with E-state index in [1.165, 1.54) is 5.56 Å². The molecule has 0 aliphatic heterocycles. The van der Waals surface area contributed by atoms with Gasteiger partial charge in [0.1, 0.15) is 6.23 Å². The van der Waals surface area contributed by atoms with Crippen molar-refractivity contribution in [3.8, 4) is 0 Å². The third-order valence-corrected chi connectivity index (χ3v) is 4.43. The van der Waals surface area contributed by atoms with Gasteiger partial charge in [0.25, 0.3) is 0 Å². The van der Waals surface area contributed by atoms with Gasteiger partial charge in [0, 0.05) is 6.54 Å². The second-order valence-corrected chi connectivity index (χ2v) is 6.38. The Kier molecular flexibility index (Phi) is 6.71. The summed E-state index contributed by atoms with van der Waals surface area (Å²) in [5.41, 5.74) is 2.34. The van der Waals surface area contributed by atoms with Crippen LogP contribution < -0.4 is 5.32 Å². The van der Waals surface area contributed by atoms with Gasteiger partial charge in [0.15, 0.2) is 0 Å². The Hall–Kier alpha value is -1.06. The van der Waals surface area contributed by atoms with Crippen LogP contribution in [0.4, 0.5) is 0 Å². The number of aliphatic hydroxyl groups is 1. The summed E-state index contributed by atoms with van der Waals surface area (Å²) in [6.07, 6.45) is 1.10. The lowest BCUT2D eigenvalue weighted by molar-refractivity contribution is 0.0833. The van der Waals surface area contributed by atoms with Gasteiger partial charge in [-0.3, -0.25) is 5.32 Å². The average Bonchev–Trinajstić information content (AvgIpc) is 2.52. The van der Waals surface area contributed by atoms with E-state index in [9.17, 15) is 5.11 Å². The molecule has 4 heteroatoms. The predicted octanol–water partition coefficient (Wildman–Crippen LogP) is 4.32. The Balaban J connectivity index is 1.79. The molecule has 2 aromatic carbocycles. The first-order valence-electron chi connectivity index (χ1n) is 7.45. The van der Waals surface area contributed by atoms with Crippen molar-refractivity contribution in [2.45, 2.75) is 26.0 Å². The van der Waals surface area contributed by atoms with Crippen molar-refractivity contribution in [1.82, 2.24) is 5.32 Å². The molecule has 0 aromatic heterocycles. The van der Waals surface area contributed by atoms with Crippen LogP contribution in [-0.4, -0.2) is 17.9 Å². The van der Waals surface area contributed by atoms with E-state index in [1.807, 2.05) is 37.3 Å². The minimum absolute atomic E-state index is 0.0908. The Morgan fingerprint density at radius 1 is 1.00 bits per heavy atom. The van der Waals surface area contributed by atoms with Crippen LogP contribution in [0.15, 0.2) is 48.5 Å². The van der Waals surface area contributed by atoms with E-state index in [-0.39, 0.29) is 5.92 Å². The molecule has 0 saturated carbocycles. The molecule has 2 rings (SSSR count). The van der Waals surface area contributed by atoms with Gasteiger partial charge in [-0.05, 0) is 42.0 Å². The summed E-state index contributed by atoms with van der Waals surface area (Å²) >= 11 is 11.9. The van der Waals surface area contributed by atoms with Crippen LogP contribution in [-0.2, 0) is 12.8 Å². The molecule has 0 spiro atoms. The van der Waals surface area contributed by atoms with Gasteiger partial charge in [-0.15, -0.1) is 0 Å². The number of aliphatic hydroxyl groups excluding tert-OH is 1. The highest BCUT2D eigenvalue weighted by molar-refractivity contribution is 6.42. The molecule has 0 amide bonds. The first-order chi connectivity index (χ1) is 10.6. The van der Waals surface area contributed by atoms with Crippen molar-refractivity contribution in [3.63, 3.8) is 0 Å². The standard InChI is InChI=1S/C18H21Cl2NO/c1-13(11-15-7-8-16(19)17(20)12-15)18(22)21-10-9-14-5-3-2-4-6-14/h2-8,12-13,18,21-22H,9-11H2,1H3. The molecule has 0 heterocycles. The van der Waals surface area contributed by atoms with Gasteiger partial charge in [-0.2, -0.15) is 0 Å². The normalized spacial score (nSPS) is 13.8. The summed E-state index contributed by atoms with van der Waals surface area (Å²) < 4.78 is 0. The topological polar surface area (TPSA) is 32.3 Å². The fourth-order valence-corrected chi connectivity index (χ4v) is 2.68. The van der Waals surface area contributed by atoms with E-state index in [0.29, 0.717) is 10.0 Å². The molecule has 2 aromatic rings. The molecule has 0 bridgehead atoms. The second-order valence-electron chi connectivity index (χ2n) is 5.56. The minimum atomic E-state index is -0.543. The molecule has 0 radical (unpaired) electrons. The van der Waals surface area contributed by atoms with Gasteiger partial charge in [-0.1, -0.05) is 66.5 Å². The van der Waals surface area contributed by atoms with Crippen molar-refractivity contribution >= 4 is 23.2 Å². The molecule has 2 atom stereocenters. The molecule has 0 saturated heterocycles. The number of halogens is 2.